The molecule has 1 aromatic heterocycles. The topological polar surface area (TPSA) is 24.9 Å². The van der Waals surface area contributed by atoms with E-state index in [0.717, 1.165) is 13.1 Å². The molecule has 0 atom stereocenters. The maximum atomic E-state index is 4.42. The lowest BCUT2D eigenvalue weighted by atomic mass is 9.94. The maximum absolute atomic E-state index is 4.42. The first-order chi connectivity index (χ1) is 10.3. The number of benzene rings is 2. The van der Waals surface area contributed by atoms with Gasteiger partial charge in [-0.1, -0.05) is 43.3 Å². The number of hydrogen-bond donors (Lipinski definition) is 1. The van der Waals surface area contributed by atoms with Gasteiger partial charge in [-0.15, -0.1) is 0 Å². The first-order valence-corrected chi connectivity index (χ1v) is 7.43. The zero-order valence-electron chi connectivity index (χ0n) is 12.6. The van der Waals surface area contributed by atoms with Crippen LogP contribution < -0.4 is 5.32 Å². The Balaban J connectivity index is 2.13. The standard InChI is InChI=1S/C19H20N2/c1-3-20-11-15-10-17(13-21-12-15)19-14(2)8-9-16-6-4-5-7-18(16)19/h4-10,12-13,20H,3,11H2,1-2H3. The van der Waals surface area contributed by atoms with Gasteiger partial charge in [0.05, 0.1) is 0 Å². The van der Waals surface area contributed by atoms with E-state index in [4.69, 9.17) is 0 Å². The quantitative estimate of drug-likeness (QED) is 0.767. The van der Waals surface area contributed by atoms with Gasteiger partial charge in [-0.25, -0.2) is 0 Å². The van der Waals surface area contributed by atoms with Crippen molar-refractivity contribution in [2.75, 3.05) is 6.54 Å². The molecule has 0 fully saturated rings. The van der Waals surface area contributed by atoms with Crippen LogP contribution in [-0.2, 0) is 6.54 Å². The Morgan fingerprint density at radius 3 is 2.76 bits per heavy atom. The Morgan fingerprint density at radius 2 is 1.90 bits per heavy atom. The van der Waals surface area contributed by atoms with Crippen molar-refractivity contribution in [3.8, 4) is 11.1 Å². The molecule has 1 N–H and O–H groups in total. The van der Waals surface area contributed by atoms with E-state index in [-0.39, 0.29) is 0 Å². The summed E-state index contributed by atoms with van der Waals surface area (Å²) in [5.41, 5.74) is 5.00. The molecule has 0 amide bonds. The number of aromatic nitrogens is 1. The fourth-order valence-corrected chi connectivity index (χ4v) is 2.75. The highest BCUT2D eigenvalue weighted by atomic mass is 14.8. The molecule has 0 spiro atoms. The summed E-state index contributed by atoms with van der Waals surface area (Å²) in [5, 5.41) is 5.92. The predicted octanol–water partition coefficient (Wildman–Crippen LogP) is 4.32. The summed E-state index contributed by atoms with van der Waals surface area (Å²) in [7, 11) is 0. The van der Waals surface area contributed by atoms with Crippen LogP contribution >= 0.6 is 0 Å². The fraction of sp³-hybridized carbons (Fsp3) is 0.211. The molecular formula is C19H20N2. The molecule has 0 aliphatic carbocycles. The van der Waals surface area contributed by atoms with Gasteiger partial charge in [0.15, 0.2) is 0 Å². The van der Waals surface area contributed by atoms with Crippen molar-refractivity contribution >= 4 is 10.8 Å². The van der Waals surface area contributed by atoms with Gasteiger partial charge in [0, 0.05) is 24.5 Å². The van der Waals surface area contributed by atoms with E-state index in [2.05, 4.69) is 66.6 Å². The average Bonchev–Trinajstić information content (AvgIpc) is 2.53. The van der Waals surface area contributed by atoms with Crippen LogP contribution in [0.2, 0.25) is 0 Å². The maximum Gasteiger partial charge on any atom is 0.0346 e. The van der Waals surface area contributed by atoms with E-state index in [0.29, 0.717) is 0 Å². The SMILES string of the molecule is CCNCc1cncc(-c2c(C)ccc3ccccc23)c1. The first-order valence-electron chi connectivity index (χ1n) is 7.43. The summed E-state index contributed by atoms with van der Waals surface area (Å²) in [4.78, 5) is 4.42. The molecule has 1 heterocycles. The van der Waals surface area contributed by atoms with Crippen LogP contribution in [0.5, 0.6) is 0 Å². The third kappa shape index (κ3) is 2.81. The Labute approximate surface area is 125 Å². The highest BCUT2D eigenvalue weighted by Crippen LogP contribution is 2.31. The molecule has 2 heteroatoms. The lowest BCUT2D eigenvalue weighted by Gasteiger charge is -2.12. The van der Waals surface area contributed by atoms with E-state index in [1.807, 2.05) is 12.4 Å². The molecule has 3 aromatic rings. The van der Waals surface area contributed by atoms with Gasteiger partial charge >= 0.3 is 0 Å². The molecule has 2 nitrogen and oxygen atoms in total. The summed E-state index contributed by atoms with van der Waals surface area (Å²) in [6, 6.07) is 15.1. The Morgan fingerprint density at radius 1 is 1.05 bits per heavy atom. The minimum absolute atomic E-state index is 0.862. The van der Waals surface area contributed by atoms with Crippen LogP contribution in [0, 0.1) is 6.92 Å². The number of nitrogens with one attached hydrogen (secondary N) is 1. The number of pyridine rings is 1. The zero-order chi connectivity index (χ0) is 14.7. The molecule has 0 aliphatic rings. The molecular weight excluding hydrogens is 256 g/mol. The smallest absolute Gasteiger partial charge is 0.0346 e. The lowest BCUT2D eigenvalue weighted by Crippen LogP contribution is -2.11. The van der Waals surface area contributed by atoms with Crippen LogP contribution in [0.3, 0.4) is 0 Å². The molecule has 0 saturated carbocycles. The number of hydrogen-bond acceptors (Lipinski definition) is 2. The molecule has 106 valence electrons. The van der Waals surface area contributed by atoms with Gasteiger partial charge in [-0.2, -0.15) is 0 Å². The van der Waals surface area contributed by atoms with E-state index < -0.39 is 0 Å². The van der Waals surface area contributed by atoms with Gasteiger partial charge in [0.1, 0.15) is 0 Å². The second-order valence-corrected chi connectivity index (χ2v) is 5.34. The van der Waals surface area contributed by atoms with E-state index in [9.17, 15) is 0 Å². The summed E-state index contributed by atoms with van der Waals surface area (Å²) >= 11 is 0. The van der Waals surface area contributed by atoms with Crippen molar-refractivity contribution < 1.29 is 0 Å². The van der Waals surface area contributed by atoms with Crippen LogP contribution in [0.1, 0.15) is 18.1 Å². The van der Waals surface area contributed by atoms with Gasteiger partial charge in [-0.3, -0.25) is 4.98 Å². The van der Waals surface area contributed by atoms with Crippen molar-refractivity contribution in [1.82, 2.24) is 10.3 Å². The minimum atomic E-state index is 0.862. The molecule has 0 saturated heterocycles. The molecule has 2 aromatic carbocycles. The lowest BCUT2D eigenvalue weighted by molar-refractivity contribution is 0.724. The van der Waals surface area contributed by atoms with Gasteiger partial charge in [0.2, 0.25) is 0 Å². The number of aryl methyl sites for hydroxylation is 1. The van der Waals surface area contributed by atoms with Crippen molar-refractivity contribution in [1.29, 1.82) is 0 Å². The Bertz CT molecular complexity index is 762. The van der Waals surface area contributed by atoms with Gasteiger partial charge < -0.3 is 5.32 Å². The Hall–Kier alpha value is -2.19. The highest BCUT2D eigenvalue weighted by Gasteiger charge is 2.08. The number of fused-ring (bicyclic) bond motifs is 1. The van der Waals surface area contributed by atoms with Crippen LogP contribution in [0.15, 0.2) is 54.9 Å². The van der Waals surface area contributed by atoms with Crippen LogP contribution in [0.4, 0.5) is 0 Å². The molecule has 3 rings (SSSR count). The minimum Gasteiger partial charge on any atom is -0.313 e. The van der Waals surface area contributed by atoms with Crippen molar-refractivity contribution in [3.63, 3.8) is 0 Å². The molecule has 0 bridgehead atoms. The first kappa shape index (κ1) is 13.8. The molecule has 0 unspecified atom stereocenters. The van der Waals surface area contributed by atoms with E-state index in [1.54, 1.807) is 0 Å². The zero-order valence-corrected chi connectivity index (χ0v) is 12.6. The Kier molecular flexibility index (Phi) is 3.98. The largest absolute Gasteiger partial charge is 0.313 e. The summed E-state index contributed by atoms with van der Waals surface area (Å²) in [5.74, 6) is 0. The number of rotatable bonds is 4. The van der Waals surface area contributed by atoms with Gasteiger partial charge in [-0.05, 0) is 47.0 Å². The number of nitrogens with zero attached hydrogens (tertiary/aromatic N) is 1. The van der Waals surface area contributed by atoms with Crippen LogP contribution in [-0.4, -0.2) is 11.5 Å². The summed E-state index contributed by atoms with van der Waals surface area (Å²) < 4.78 is 0. The second kappa shape index (κ2) is 6.06. The van der Waals surface area contributed by atoms with E-state index in [1.165, 1.54) is 33.0 Å². The fourth-order valence-electron chi connectivity index (χ4n) is 2.75. The third-order valence-corrected chi connectivity index (χ3v) is 3.80. The van der Waals surface area contributed by atoms with Crippen molar-refractivity contribution in [2.45, 2.75) is 20.4 Å². The van der Waals surface area contributed by atoms with Crippen molar-refractivity contribution in [2.24, 2.45) is 0 Å². The molecule has 0 aliphatic heterocycles. The molecule has 21 heavy (non-hydrogen) atoms. The highest BCUT2D eigenvalue weighted by molar-refractivity contribution is 5.98. The van der Waals surface area contributed by atoms with Crippen molar-refractivity contribution in [3.05, 3.63) is 66.0 Å². The van der Waals surface area contributed by atoms with Crippen LogP contribution in [0.25, 0.3) is 21.9 Å². The van der Waals surface area contributed by atoms with Gasteiger partial charge in [0.25, 0.3) is 0 Å². The average molecular weight is 276 g/mol. The summed E-state index contributed by atoms with van der Waals surface area (Å²) in [6.45, 7) is 6.11. The summed E-state index contributed by atoms with van der Waals surface area (Å²) in [6.07, 6.45) is 3.90. The predicted molar refractivity (Wildman–Crippen MR) is 89.3 cm³/mol. The normalized spacial score (nSPS) is 11.0. The second-order valence-electron chi connectivity index (χ2n) is 5.34. The van der Waals surface area contributed by atoms with E-state index >= 15 is 0 Å². The monoisotopic (exact) mass is 276 g/mol. The third-order valence-electron chi connectivity index (χ3n) is 3.80. The molecule has 0 radical (unpaired) electrons.